The first-order valence-electron chi connectivity index (χ1n) is 8.03. The van der Waals surface area contributed by atoms with Crippen LogP contribution < -0.4 is 15.2 Å². The van der Waals surface area contributed by atoms with E-state index in [0.29, 0.717) is 34.0 Å². The van der Waals surface area contributed by atoms with Crippen LogP contribution >= 0.6 is 15.9 Å². The highest BCUT2D eigenvalue weighted by molar-refractivity contribution is 9.10. The molecule has 0 atom stereocenters. The molecule has 0 bridgehead atoms. The molecule has 0 saturated heterocycles. The van der Waals surface area contributed by atoms with Crippen molar-refractivity contribution in [1.82, 2.24) is 0 Å². The van der Waals surface area contributed by atoms with Crippen LogP contribution in [0.2, 0.25) is 0 Å². The molecule has 2 aromatic rings. The van der Waals surface area contributed by atoms with Gasteiger partial charge >= 0.3 is 0 Å². The Hall–Kier alpha value is -1.90. The molecule has 2 aromatic carbocycles. The summed E-state index contributed by atoms with van der Waals surface area (Å²) in [6.07, 6.45) is 0.948. The van der Waals surface area contributed by atoms with Crippen LogP contribution in [0.25, 0.3) is 0 Å². The molecule has 0 spiro atoms. The average molecular weight is 441 g/mol. The molecule has 0 aliphatic heterocycles. The van der Waals surface area contributed by atoms with Gasteiger partial charge in [0, 0.05) is 11.3 Å². The molecule has 0 radical (unpaired) electrons. The van der Waals surface area contributed by atoms with E-state index in [1.165, 1.54) is 24.3 Å². The maximum atomic E-state index is 12.3. The summed E-state index contributed by atoms with van der Waals surface area (Å²) >= 11 is 3.41. The van der Waals surface area contributed by atoms with Crippen LogP contribution in [-0.2, 0) is 10.0 Å². The van der Waals surface area contributed by atoms with Gasteiger partial charge in [0.15, 0.2) is 0 Å². The first-order chi connectivity index (χ1) is 12.2. The van der Waals surface area contributed by atoms with Gasteiger partial charge in [-0.15, -0.1) is 0 Å². The van der Waals surface area contributed by atoms with Crippen molar-refractivity contribution in [3.8, 4) is 5.75 Å². The SMILES string of the molecule is CC(C)CCOc1ccc(C(=O)Nc2ccc(S(N)(=O)=O)cc2)cc1Br. The van der Waals surface area contributed by atoms with Gasteiger partial charge in [-0.3, -0.25) is 4.79 Å². The van der Waals surface area contributed by atoms with Gasteiger partial charge in [-0.05, 0) is 70.7 Å². The molecule has 0 fully saturated rings. The van der Waals surface area contributed by atoms with Gasteiger partial charge in [-0.1, -0.05) is 13.8 Å². The zero-order chi connectivity index (χ0) is 19.3. The number of carbonyl (C=O) groups excluding carboxylic acids is 1. The van der Waals surface area contributed by atoms with E-state index in [1.54, 1.807) is 18.2 Å². The highest BCUT2D eigenvalue weighted by atomic mass is 79.9. The fraction of sp³-hybridized carbons (Fsp3) is 0.278. The third kappa shape index (κ3) is 5.82. The first kappa shape index (κ1) is 20.4. The second-order valence-corrected chi connectivity index (χ2v) is 8.62. The van der Waals surface area contributed by atoms with Crippen molar-refractivity contribution < 1.29 is 17.9 Å². The van der Waals surface area contributed by atoms with Gasteiger partial charge in [0.05, 0.1) is 16.0 Å². The Morgan fingerprint density at radius 3 is 2.38 bits per heavy atom. The lowest BCUT2D eigenvalue weighted by atomic mass is 10.1. The molecular weight excluding hydrogens is 420 g/mol. The summed E-state index contributed by atoms with van der Waals surface area (Å²) in [6.45, 7) is 4.86. The molecule has 6 nitrogen and oxygen atoms in total. The lowest BCUT2D eigenvalue weighted by molar-refractivity contribution is 0.102. The van der Waals surface area contributed by atoms with E-state index in [1.807, 2.05) is 0 Å². The van der Waals surface area contributed by atoms with E-state index >= 15 is 0 Å². The van der Waals surface area contributed by atoms with E-state index in [-0.39, 0.29) is 10.8 Å². The molecule has 0 saturated carbocycles. The highest BCUT2D eigenvalue weighted by Crippen LogP contribution is 2.27. The van der Waals surface area contributed by atoms with Crippen LogP contribution in [0, 0.1) is 5.92 Å². The van der Waals surface area contributed by atoms with E-state index in [9.17, 15) is 13.2 Å². The second kappa shape index (κ2) is 8.66. The number of ether oxygens (including phenoxy) is 1. The summed E-state index contributed by atoms with van der Waals surface area (Å²) in [5, 5.41) is 7.75. The van der Waals surface area contributed by atoms with Crippen LogP contribution in [0.3, 0.4) is 0 Å². The summed E-state index contributed by atoms with van der Waals surface area (Å²) in [7, 11) is -3.76. The van der Waals surface area contributed by atoms with Gasteiger partial charge in [0.1, 0.15) is 5.75 Å². The Bertz CT molecular complexity index is 881. The van der Waals surface area contributed by atoms with Crippen molar-refractivity contribution in [2.24, 2.45) is 11.1 Å². The predicted molar refractivity (Wildman–Crippen MR) is 105 cm³/mol. The summed E-state index contributed by atoms with van der Waals surface area (Å²) in [5.74, 6) is 0.918. The minimum absolute atomic E-state index is 0.0128. The number of amides is 1. The summed E-state index contributed by atoms with van der Waals surface area (Å²) in [5.41, 5.74) is 0.916. The normalized spacial score (nSPS) is 11.4. The number of hydrogen-bond acceptors (Lipinski definition) is 4. The Kier molecular flexibility index (Phi) is 6.80. The summed E-state index contributed by atoms with van der Waals surface area (Å²) in [4.78, 5) is 12.3. The number of benzene rings is 2. The molecule has 3 N–H and O–H groups in total. The van der Waals surface area contributed by atoms with Gasteiger partial charge in [0.2, 0.25) is 10.0 Å². The number of halogens is 1. The number of primary sulfonamides is 1. The molecule has 140 valence electrons. The standard InChI is InChI=1S/C18H21BrN2O4S/c1-12(2)9-10-25-17-8-3-13(11-16(17)19)18(22)21-14-4-6-15(7-5-14)26(20,23)24/h3-8,11-12H,9-10H2,1-2H3,(H,21,22)(H2,20,23,24). The summed E-state index contributed by atoms with van der Waals surface area (Å²) in [6, 6.07) is 10.7. The fourth-order valence-corrected chi connectivity index (χ4v) is 3.10. The maximum absolute atomic E-state index is 12.3. The number of nitrogens with one attached hydrogen (secondary N) is 1. The Morgan fingerprint density at radius 2 is 1.85 bits per heavy atom. The number of rotatable bonds is 7. The molecule has 0 aromatic heterocycles. The molecule has 1 amide bonds. The topological polar surface area (TPSA) is 98.5 Å². The van der Waals surface area contributed by atoms with Crippen LogP contribution in [0.4, 0.5) is 5.69 Å². The molecular formula is C18H21BrN2O4S. The lowest BCUT2D eigenvalue weighted by Crippen LogP contribution is -2.14. The Labute approximate surface area is 161 Å². The highest BCUT2D eigenvalue weighted by Gasteiger charge is 2.11. The van der Waals surface area contributed by atoms with Crippen LogP contribution in [0.15, 0.2) is 51.8 Å². The van der Waals surface area contributed by atoms with Gasteiger partial charge in [-0.2, -0.15) is 0 Å². The van der Waals surface area contributed by atoms with E-state index < -0.39 is 10.0 Å². The molecule has 2 rings (SSSR count). The van der Waals surface area contributed by atoms with Gasteiger partial charge in [0.25, 0.3) is 5.91 Å². The van der Waals surface area contributed by atoms with Crippen molar-refractivity contribution in [1.29, 1.82) is 0 Å². The number of hydrogen-bond donors (Lipinski definition) is 2. The van der Waals surface area contributed by atoms with Crippen molar-refractivity contribution in [3.63, 3.8) is 0 Å². The minimum atomic E-state index is -3.76. The molecule has 0 unspecified atom stereocenters. The Balaban J connectivity index is 2.04. The van der Waals surface area contributed by atoms with Crippen molar-refractivity contribution in [2.45, 2.75) is 25.2 Å². The molecule has 8 heteroatoms. The summed E-state index contributed by atoms with van der Waals surface area (Å²) < 4.78 is 28.9. The maximum Gasteiger partial charge on any atom is 0.255 e. The second-order valence-electron chi connectivity index (χ2n) is 6.20. The zero-order valence-corrected chi connectivity index (χ0v) is 16.9. The van der Waals surface area contributed by atoms with Crippen molar-refractivity contribution in [2.75, 3.05) is 11.9 Å². The minimum Gasteiger partial charge on any atom is -0.492 e. The third-order valence-electron chi connectivity index (χ3n) is 3.59. The van der Waals surface area contributed by atoms with E-state index in [0.717, 1.165) is 6.42 Å². The molecule has 0 aliphatic carbocycles. The van der Waals surface area contributed by atoms with Crippen LogP contribution in [0.5, 0.6) is 5.75 Å². The van der Waals surface area contributed by atoms with Crippen LogP contribution in [0.1, 0.15) is 30.6 Å². The quantitative estimate of drug-likeness (QED) is 0.683. The zero-order valence-electron chi connectivity index (χ0n) is 14.5. The number of sulfonamides is 1. The fourth-order valence-electron chi connectivity index (χ4n) is 2.09. The Morgan fingerprint density at radius 1 is 1.19 bits per heavy atom. The van der Waals surface area contributed by atoms with Crippen molar-refractivity contribution in [3.05, 3.63) is 52.5 Å². The van der Waals surface area contributed by atoms with Crippen LogP contribution in [-0.4, -0.2) is 20.9 Å². The van der Waals surface area contributed by atoms with E-state index in [2.05, 4.69) is 35.1 Å². The predicted octanol–water partition coefficient (Wildman–Crippen LogP) is 3.77. The van der Waals surface area contributed by atoms with Gasteiger partial charge < -0.3 is 10.1 Å². The smallest absolute Gasteiger partial charge is 0.255 e. The first-order valence-corrected chi connectivity index (χ1v) is 10.4. The largest absolute Gasteiger partial charge is 0.492 e. The molecule has 0 aliphatic rings. The number of nitrogens with two attached hydrogens (primary N) is 1. The number of carbonyl (C=O) groups is 1. The number of anilines is 1. The monoisotopic (exact) mass is 440 g/mol. The third-order valence-corrected chi connectivity index (χ3v) is 5.14. The lowest BCUT2D eigenvalue weighted by Gasteiger charge is -2.11. The molecule has 26 heavy (non-hydrogen) atoms. The van der Waals surface area contributed by atoms with Gasteiger partial charge in [-0.25, -0.2) is 13.6 Å². The van der Waals surface area contributed by atoms with E-state index in [4.69, 9.17) is 9.88 Å². The average Bonchev–Trinajstić information content (AvgIpc) is 2.55. The van der Waals surface area contributed by atoms with Crippen molar-refractivity contribution >= 4 is 37.5 Å². The molecule has 0 heterocycles.